The second-order valence-corrected chi connectivity index (χ2v) is 4.38. The molecule has 1 aromatic heterocycles. The zero-order valence-corrected chi connectivity index (χ0v) is 10.9. The number of hydrogen-bond acceptors (Lipinski definition) is 2. The third-order valence-electron chi connectivity index (χ3n) is 2.56. The molecule has 21 heavy (non-hydrogen) atoms. The molecule has 3 nitrogen and oxygen atoms in total. The molecule has 2 aromatic rings. The molecule has 0 amide bonds. The highest BCUT2D eigenvalue weighted by atomic mass is 19.4. The minimum atomic E-state index is -4.75. The van der Waals surface area contributed by atoms with Gasteiger partial charge in [0.1, 0.15) is 0 Å². The number of nitrogens with zero attached hydrogens (tertiary/aromatic N) is 2. The Bertz CT molecular complexity index is 601. The van der Waals surface area contributed by atoms with E-state index in [4.69, 9.17) is 0 Å². The van der Waals surface area contributed by atoms with E-state index in [1.54, 1.807) is 30.3 Å². The van der Waals surface area contributed by atoms with Crippen LogP contribution in [0.5, 0.6) is 0 Å². The van der Waals surface area contributed by atoms with E-state index in [2.05, 4.69) is 9.84 Å². The molecule has 0 unspecified atom stereocenters. The summed E-state index contributed by atoms with van der Waals surface area (Å²) >= 11 is 0. The SMILES string of the molecule is CC(F)(F)OCc1cn(-c2ccccc2)nc1C(F)(F)F. The van der Waals surface area contributed by atoms with Crippen LogP contribution in [0.15, 0.2) is 36.5 Å². The Labute approximate surface area is 116 Å². The maximum Gasteiger partial charge on any atom is 0.435 e. The first-order valence-electron chi connectivity index (χ1n) is 5.90. The molecule has 2 rings (SSSR count). The van der Waals surface area contributed by atoms with Gasteiger partial charge in [0.05, 0.1) is 12.3 Å². The maximum absolute atomic E-state index is 12.9. The predicted molar refractivity (Wildman–Crippen MR) is 64.0 cm³/mol. The molecule has 8 heteroatoms. The fourth-order valence-electron chi connectivity index (χ4n) is 1.67. The van der Waals surface area contributed by atoms with Crippen molar-refractivity contribution in [3.8, 4) is 5.69 Å². The zero-order chi connectivity index (χ0) is 15.7. The van der Waals surface area contributed by atoms with Gasteiger partial charge in [-0.3, -0.25) is 0 Å². The molecule has 1 aromatic carbocycles. The highest BCUT2D eigenvalue weighted by Gasteiger charge is 2.38. The maximum atomic E-state index is 12.9. The van der Waals surface area contributed by atoms with Gasteiger partial charge in [0.25, 0.3) is 0 Å². The van der Waals surface area contributed by atoms with E-state index in [0.29, 0.717) is 12.6 Å². The third kappa shape index (κ3) is 4.01. The fourth-order valence-corrected chi connectivity index (χ4v) is 1.67. The predicted octanol–water partition coefficient (Wildman–Crippen LogP) is 4.02. The molecule has 1 heterocycles. The largest absolute Gasteiger partial charge is 0.435 e. The average Bonchev–Trinajstić information content (AvgIpc) is 2.81. The molecule has 0 N–H and O–H groups in total. The van der Waals surface area contributed by atoms with E-state index in [9.17, 15) is 22.0 Å². The van der Waals surface area contributed by atoms with Gasteiger partial charge in [0, 0.05) is 18.7 Å². The first-order chi connectivity index (χ1) is 9.67. The Morgan fingerprint density at radius 1 is 1.10 bits per heavy atom. The molecule has 0 aliphatic carbocycles. The average molecular weight is 306 g/mol. The number of benzene rings is 1. The first kappa shape index (κ1) is 15.4. The van der Waals surface area contributed by atoms with Crippen LogP contribution in [0, 0.1) is 0 Å². The van der Waals surface area contributed by atoms with E-state index in [0.717, 1.165) is 10.9 Å². The number of halogens is 5. The Balaban J connectivity index is 2.36. The number of alkyl halides is 5. The van der Waals surface area contributed by atoms with Crippen LogP contribution >= 0.6 is 0 Å². The lowest BCUT2D eigenvalue weighted by molar-refractivity contribution is -0.232. The monoisotopic (exact) mass is 306 g/mol. The van der Waals surface area contributed by atoms with Crippen molar-refractivity contribution in [3.63, 3.8) is 0 Å². The standard InChI is InChI=1S/C13H11F5N2O/c1-12(14,15)21-8-9-7-20(10-5-3-2-4-6-10)19-11(9)13(16,17)18/h2-7H,8H2,1H3. The van der Waals surface area contributed by atoms with Gasteiger partial charge in [-0.2, -0.15) is 27.1 Å². The van der Waals surface area contributed by atoms with Gasteiger partial charge in [0.2, 0.25) is 0 Å². The van der Waals surface area contributed by atoms with Crippen LogP contribution in [0.4, 0.5) is 22.0 Å². The van der Waals surface area contributed by atoms with Crippen molar-refractivity contribution in [2.45, 2.75) is 25.8 Å². The smallest absolute Gasteiger partial charge is 0.316 e. The molecule has 0 bridgehead atoms. The topological polar surface area (TPSA) is 27.1 Å². The van der Waals surface area contributed by atoms with E-state index >= 15 is 0 Å². The number of hydrogen-bond donors (Lipinski definition) is 0. The van der Waals surface area contributed by atoms with Gasteiger partial charge in [-0.15, -0.1) is 0 Å². The molecule has 0 radical (unpaired) electrons. The van der Waals surface area contributed by atoms with Crippen LogP contribution < -0.4 is 0 Å². The molecule has 0 saturated heterocycles. The summed E-state index contributed by atoms with van der Waals surface area (Å²) in [4.78, 5) is 0. The summed E-state index contributed by atoms with van der Waals surface area (Å²) < 4.78 is 69.0. The van der Waals surface area contributed by atoms with Gasteiger partial charge in [-0.25, -0.2) is 4.68 Å². The van der Waals surface area contributed by atoms with Crippen LogP contribution in [0.25, 0.3) is 5.69 Å². The van der Waals surface area contributed by atoms with E-state index in [-0.39, 0.29) is 0 Å². The second kappa shape index (κ2) is 5.44. The van der Waals surface area contributed by atoms with Crippen LogP contribution in [-0.2, 0) is 17.5 Å². The van der Waals surface area contributed by atoms with E-state index < -0.39 is 30.1 Å². The van der Waals surface area contributed by atoms with Crippen molar-refractivity contribution >= 4 is 0 Å². The van der Waals surface area contributed by atoms with E-state index in [1.165, 1.54) is 0 Å². The summed E-state index contributed by atoms with van der Waals surface area (Å²) in [6.07, 6.45) is -7.23. The molecule has 0 saturated carbocycles. The summed E-state index contributed by atoms with van der Waals surface area (Å²) in [5, 5.41) is 3.42. The first-order valence-corrected chi connectivity index (χ1v) is 5.90. The number of para-hydroxylation sites is 1. The van der Waals surface area contributed by atoms with Crippen LogP contribution in [0.1, 0.15) is 18.2 Å². The van der Waals surface area contributed by atoms with Crippen LogP contribution in [0.3, 0.4) is 0 Å². The molecule has 0 atom stereocenters. The number of ether oxygens (including phenoxy) is 1. The lowest BCUT2D eigenvalue weighted by Crippen LogP contribution is -2.17. The highest BCUT2D eigenvalue weighted by molar-refractivity contribution is 5.33. The molecule has 0 fully saturated rings. The summed E-state index contributed by atoms with van der Waals surface area (Å²) in [6.45, 7) is -0.424. The summed E-state index contributed by atoms with van der Waals surface area (Å²) in [7, 11) is 0. The normalized spacial score (nSPS) is 12.7. The minimum Gasteiger partial charge on any atom is -0.316 e. The molecule has 0 aliphatic rings. The van der Waals surface area contributed by atoms with Crippen molar-refractivity contribution in [1.29, 1.82) is 0 Å². The van der Waals surface area contributed by atoms with E-state index in [1.807, 2.05) is 0 Å². The molecule has 114 valence electrons. The van der Waals surface area contributed by atoms with Crippen LogP contribution in [0.2, 0.25) is 0 Å². The van der Waals surface area contributed by atoms with Crippen LogP contribution in [-0.4, -0.2) is 15.9 Å². The zero-order valence-electron chi connectivity index (χ0n) is 10.9. The van der Waals surface area contributed by atoms with Crippen molar-refractivity contribution in [2.24, 2.45) is 0 Å². The minimum absolute atomic E-state index is 0.387. The van der Waals surface area contributed by atoms with Gasteiger partial charge in [0.15, 0.2) is 5.69 Å². The number of aromatic nitrogens is 2. The van der Waals surface area contributed by atoms with Crippen molar-refractivity contribution in [3.05, 3.63) is 47.8 Å². The Morgan fingerprint density at radius 2 is 1.71 bits per heavy atom. The van der Waals surface area contributed by atoms with Crippen molar-refractivity contribution in [2.75, 3.05) is 0 Å². The third-order valence-corrected chi connectivity index (χ3v) is 2.56. The molecular weight excluding hydrogens is 295 g/mol. The summed E-state index contributed by atoms with van der Waals surface area (Å²) in [6, 6.07) is 8.04. The number of rotatable bonds is 4. The van der Waals surface area contributed by atoms with Gasteiger partial charge >= 0.3 is 12.3 Å². The highest BCUT2D eigenvalue weighted by Crippen LogP contribution is 2.32. The lowest BCUT2D eigenvalue weighted by Gasteiger charge is -2.11. The fraction of sp³-hybridized carbons (Fsp3) is 0.308. The van der Waals surface area contributed by atoms with Crippen molar-refractivity contribution < 1.29 is 26.7 Å². The quantitative estimate of drug-likeness (QED) is 0.798. The molecule has 0 aliphatic heterocycles. The van der Waals surface area contributed by atoms with Gasteiger partial charge < -0.3 is 4.74 Å². The Hall–Kier alpha value is -1.96. The van der Waals surface area contributed by atoms with Crippen molar-refractivity contribution in [1.82, 2.24) is 9.78 Å². The Kier molecular flexibility index (Phi) is 3.99. The summed E-state index contributed by atoms with van der Waals surface area (Å²) in [5.74, 6) is 0. The molecule has 0 spiro atoms. The second-order valence-electron chi connectivity index (χ2n) is 4.38. The van der Waals surface area contributed by atoms with Gasteiger partial charge in [-0.1, -0.05) is 18.2 Å². The summed E-state index contributed by atoms with van der Waals surface area (Å²) in [5.41, 5.74) is -1.30. The molecular formula is C13H11F5N2O. The Morgan fingerprint density at radius 3 is 2.24 bits per heavy atom. The van der Waals surface area contributed by atoms with Gasteiger partial charge in [-0.05, 0) is 12.1 Å². The lowest BCUT2D eigenvalue weighted by atomic mass is 10.2.